The van der Waals surface area contributed by atoms with Crippen molar-refractivity contribution in [1.29, 1.82) is 0 Å². The van der Waals surface area contributed by atoms with E-state index in [1.54, 1.807) is 30.7 Å². The van der Waals surface area contributed by atoms with Gasteiger partial charge in [-0.1, -0.05) is 18.2 Å². The average Bonchev–Trinajstić information content (AvgIpc) is 3.50. The van der Waals surface area contributed by atoms with E-state index in [0.29, 0.717) is 23.0 Å². The molecule has 8 heteroatoms. The number of rotatable bonds is 6. The van der Waals surface area contributed by atoms with Gasteiger partial charge in [-0.15, -0.1) is 0 Å². The molecule has 0 amide bonds. The third-order valence-corrected chi connectivity index (χ3v) is 6.14. The molecule has 0 unspecified atom stereocenters. The van der Waals surface area contributed by atoms with Crippen LogP contribution in [0.25, 0.3) is 11.3 Å². The zero-order chi connectivity index (χ0) is 23.5. The molecule has 0 radical (unpaired) electrons. The fraction of sp³-hybridized carbons (Fsp3) is 0.154. The molecular formula is C26H22N4O3S. The number of nitrogens with one attached hydrogen (secondary N) is 1. The maximum Gasteiger partial charge on any atom is 0.337 e. The van der Waals surface area contributed by atoms with E-state index in [-0.39, 0.29) is 12.1 Å². The van der Waals surface area contributed by atoms with Crippen LogP contribution in [0.1, 0.15) is 39.5 Å². The number of benzene rings is 1. The van der Waals surface area contributed by atoms with Gasteiger partial charge in [-0.05, 0) is 66.3 Å². The van der Waals surface area contributed by atoms with Gasteiger partial charge in [0.15, 0.2) is 5.11 Å². The van der Waals surface area contributed by atoms with Gasteiger partial charge in [0.2, 0.25) is 0 Å². The smallest absolute Gasteiger partial charge is 0.337 e. The van der Waals surface area contributed by atoms with Crippen molar-refractivity contribution in [3.8, 4) is 11.3 Å². The minimum atomic E-state index is -0.391. The first kappa shape index (κ1) is 21.8. The largest absolute Gasteiger partial charge is 0.465 e. The number of hydrogen-bond donors (Lipinski definition) is 1. The van der Waals surface area contributed by atoms with Crippen molar-refractivity contribution < 1.29 is 13.9 Å². The number of furan rings is 1. The van der Waals surface area contributed by atoms with Gasteiger partial charge in [-0.2, -0.15) is 0 Å². The van der Waals surface area contributed by atoms with Crippen molar-refractivity contribution in [3.05, 3.63) is 108 Å². The number of thiocarbonyl (C=S) groups is 1. The lowest BCUT2D eigenvalue weighted by molar-refractivity contribution is 0.0601. The van der Waals surface area contributed by atoms with Gasteiger partial charge in [-0.3, -0.25) is 9.97 Å². The summed E-state index contributed by atoms with van der Waals surface area (Å²) < 4.78 is 11.2. The van der Waals surface area contributed by atoms with E-state index in [1.165, 1.54) is 7.11 Å². The Hall–Kier alpha value is -4.04. The second-order valence-electron chi connectivity index (χ2n) is 7.88. The molecule has 1 aliphatic rings. The lowest BCUT2D eigenvalue weighted by atomic mass is 10.0. The van der Waals surface area contributed by atoms with E-state index < -0.39 is 5.97 Å². The molecule has 5 rings (SSSR count). The van der Waals surface area contributed by atoms with Crippen molar-refractivity contribution in [2.75, 3.05) is 7.11 Å². The van der Waals surface area contributed by atoms with Gasteiger partial charge in [-0.25, -0.2) is 4.79 Å². The number of carbonyl (C=O) groups is 1. The second kappa shape index (κ2) is 9.44. The number of carbonyl (C=O) groups excluding carboxylic acids is 1. The Balaban J connectivity index is 1.52. The quantitative estimate of drug-likeness (QED) is 0.321. The van der Waals surface area contributed by atoms with Crippen LogP contribution in [0.4, 0.5) is 0 Å². The van der Waals surface area contributed by atoms with Gasteiger partial charge in [0.05, 0.1) is 24.4 Å². The summed E-state index contributed by atoms with van der Waals surface area (Å²) in [5.74, 6) is 1.01. The zero-order valence-corrected chi connectivity index (χ0v) is 19.2. The molecule has 34 heavy (non-hydrogen) atoms. The van der Waals surface area contributed by atoms with Crippen LogP contribution >= 0.6 is 12.2 Å². The van der Waals surface area contributed by atoms with Gasteiger partial charge in [0.1, 0.15) is 17.6 Å². The third-order valence-electron chi connectivity index (χ3n) is 5.79. The highest BCUT2D eigenvalue weighted by atomic mass is 32.1. The van der Waals surface area contributed by atoms with Crippen LogP contribution in [-0.2, 0) is 11.3 Å². The average molecular weight is 471 g/mol. The highest BCUT2D eigenvalue weighted by Crippen LogP contribution is 2.41. The van der Waals surface area contributed by atoms with Crippen LogP contribution < -0.4 is 5.32 Å². The van der Waals surface area contributed by atoms with Crippen LogP contribution in [0, 0.1) is 0 Å². The molecule has 1 aromatic carbocycles. The maximum atomic E-state index is 12.0. The van der Waals surface area contributed by atoms with Gasteiger partial charge >= 0.3 is 5.97 Å². The topological polar surface area (TPSA) is 80.5 Å². The van der Waals surface area contributed by atoms with E-state index in [2.05, 4.69) is 20.2 Å². The SMILES string of the molecule is COC(=O)c1cccc(-c2ccc([C@@H]3[C@H](c4ccccn4)NC(=S)N3Cc3ccncc3)o2)c1. The molecule has 1 saturated heterocycles. The van der Waals surface area contributed by atoms with Crippen molar-refractivity contribution in [2.24, 2.45) is 0 Å². The fourth-order valence-electron chi connectivity index (χ4n) is 4.15. The molecule has 1 fully saturated rings. The van der Waals surface area contributed by atoms with Crippen molar-refractivity contribution >= 4 is 23.3 Å². The molecule has 3 aromatic heterocycles. The van der Waals surface area contributed by atoms with Crippen LogP contribution in [0.15, 0.2) is 89.7 Å². The highest BCUT2D eigenvalue weighted by Gasteiger charge is 2.41. The summed E-state index contributed by atoms with van der Waals surface area (Å²) >= 11 is 5.73. The van der Waals surface area contributed by atoms with E-state index in [4.69, 9.17) is 21.4 Å². The first-order valence-corrected chi connectivity index (χ1v) is 11.2. The molecule has 2 atom stereocenters. The third kappa shape index (κ3) is 4.27. The molecule has 4 aromatic rings. The minimum absolute atomic E-state index is 0.184. The minimum Gasteiger partial charge on any atom is -0.465 e. The summed E-state index contributed by atoms with van der Waals surface area (Å²) in [6.45, 7) is 0.593. The van der Waals surface area contributed by atoms with Crippen molar-refractivity contribution in [1.82, 2.24) is 20.2 Å². The molecular weight excluding hydrogens is 448 g/mol. The van der Waals surface area contributed by atoms with E-state index in [0.717, 1.165) is 22.6 Å². The van der Waals surface area contributed by atoms with Crippen molar-refractivity contribution in [3.63, 3.8) is 0 Å². The number of pyridine rings is 2. The number of hydrogen-bond acceptors (Lipinski definition) is 6. The van der Waals surface area contributed by atoms with E-state index in [1.807, 2.05) is 54.6 Å². The molecule has 0 spiro atoms. The Bertz CT molecular complexity index is 1310. The maximum absolute atomic E-state index is 12.0. The Morgan fingerprint density at radius 3 is 2.71 bits per heavy atom. The number of nitrogens with zero attached hydrogens (tertiary/aromatic N) is 3. The monoisotopic (exact) mass is 470 g/mol. The molecule has 0 saturated carbocycles. The van der Waals surface area contributed by atoms with Crippen molar-refractivity contribution in [2.45, 2.75) is 18.6 Å². The summed E-state index contributed by atoms with van der Waals surface area (Å²) in [4.78, 5) is 22.8. The molecule has 4 heterocycles. The van der Waals surface area contributed by atoms with Gasteiger partial charge in [0.25, 0.3) is 0 Å². The number of aromatic nitrogens is 2. The molecule has 1 aliphatic heterocycles. The Labute approximate surface area is 202 Å². The van der Waals surface area contributed by atoms with Gasteiger partial charge < -0.3 is 19.4 Å². The van der Waals surface area contributed by atoms with E-state index >= 15 is 0 Å². The summed E-state index contributed by atoms with van der Waals surface area (Å²) in [6, 6.07) is 20.4. The van der Waals surface area contributed by atoms with Crippen LogP contribution in [-0.4, -0.2) is 33.1 Å². The lowest BCUT2D eigenvalue weighted by Gasteiger charge is -2.26. The summed E-state index contributed by atoms with van der Waals surface area (Å²) in [7, 11) is 1.37. The molecule has 7 nitrogen and oxygen atoms in total. The second-order valence-corrected chi connectivity index (χ2v) is 8.27. The standard InChI is InChI=1S/C26H22N4O3S/c1-32-25(31)19-6-4-5-18(15-19)21-8-9-22(33-21)24-23(20-7-2-3-12-28-20)29-26(34)30(24)16-17-10-13-27-14-11-17/h2-15,23-24H,16H2,1H3,(H,29,34)/t23-,24+/m0/s1. The fourth-order valence-corrected chi connectivity index (χ4v) is 4.46. The number of methoxy groups -OCH3 is 1. The first-order valence-electron chi connectivity index (χ1n) is 10.8. The molecule has 0 aliphatic carbocycles. The summed E-state index contributed by atoms with van der Waals surface area (Å²) in [6.07, 6.45) is 5.31. The van der Waals surface area contributed by atoms with Crippen LogP contribution in [0.5, 0.6) is 0 Å². The highest BCUT2D eigenvalue weighted by molar-refractivity contribution is 7.80. The molecule has 1 N–H and O–H groups in total. The lowest BCUT2D eigenvalue weighted by Crippen LogP contribution is -2.29. The number of esters is 1. The number of ether oxygens (including phenoxy) is 1. The summed E-state index contributed by atoms with van der Waals surface area (Å²) in [5.41, 5.74) is 3.21. The predicted molar refractivity (Wildman–Crippen MR) is 131 cm³/mol. The first-order chi connectivity index (χ1) is 16.6. The Morgan fingerprint density at radius 1 is 1.09 bits per heavy atom. The Morgan fingerprint density at radius 2 is 1.94 bits per heavy atom. The molecule has 170 valence electrons. The normalized spacial score (nSPS) is 17.4. The van der Waals surface area contributed by atoms with Crippen LogP contribution in [0.3, 0.4) is 0 Å². The predicted octanol–water partition coefficient (Wildman–Crippen LogP) is 4.70. The summed E-state index contributed by atoms with van der Waals surface area (Å²) in [5, 5.41) is 4.06. The van der Waals surface area contributed by atoms with Gasteiger partial charge in [0, 0.05) is 30.7 Å². The zero-order valence-electron chi connectivity index (χ0n) is 18.4. The van der Waals surface area contributed by atoms with Crippen LogP contribution in [0.2, 0.25) is 0 Å². The van der Waals surface area contributed by atoms with E-state index in [9.17, 15) is 4.79 Å². The molecule has 0 bridgehead atoms. The Kier molecular flexibility index (Phi) is 6.05.